The van der Waals surface area contributed by atoms with Crippen molar-refractivity contribution in [1.82, 2.24) is 4.90 Å². The number of ketones is 1. The Labute approximate surface area is 131 Å². The van der Waals surface area contributed by atoms with Gasteiger partial charge in [-0.3, -0.25) is 9.69 Å². The zero-order valence-corrected chi connectivity index (χ0v) is 13.7. The quantitative estimate of drug-likeness (QED) is 0.673. The number of nitrogen functional groups attached to an aromatic ring is 1. The highest BCUT2D eigenvalue weighted by Gasteiger charge is 2.37. The number of likely N-dealkylation sites (tertiary alicyclic amines) is 1. The van der Waals surface area contributed by atoms with Crippen LogP contribution >= 0.6 is 0 Å². The van der Waals surface area contributed by atoms with Gasteiger partial charge in [0.15, 0.2) is 5.78 Å². The van der Waals surface area contributed by atoms with Gasteiger partial charge in [-0.25, -0.2) is 4.79 Å². The first kappa shape index (κ1) is 16.3. The van der Waals surface area contributed by atoms with Gasteiger partial charge in [-0.05, 0) is 52.2 Å². The Kier molecular flexibility index (Phi) is 4.44. The molecule has 0 radical (unpaired) electrons. The fourth-order valence-electron chi connectivity index (χ4n) is 2.65. The molecule has 1 aromatic carbocycles. The van der Waals surface area contributed by atoms with Gasteiger partial charge < -0.3 is 10.5 Å². The summed E-state index contributed by atoms with van der Waals surface area (Å²) < 4.78 is 5.40. The van der Waals surface area contributed by atoms with Gasteiger partial charge >= 0.3 is 6.09 Å². The Balaban J connectivity index is 2.22. The first-order valence-electron chi connectivity index (χ1n) is 7.59. The van der Waals surface area contributed by atoms with Gasteiger partial charge in [0.1, 0.15) is 5.60 Å². The lowest BCUT2D eigenvalue weighted by molar-refractivity contribution is 0.0222. The van der Waals surface area contributed by atoms with Gasteiger partial charge in [-0.2, -0.15) is 0 Å². The van der Waals surface area contributed by atoms with Crippen LogP contribution in [0.1, 0.15) is 49.5 Å². The molecule has 1 aromatic rings. The van der Waals surface area contributed by atoms with Gasteiger partial charge in [0, 0.05) is 17.8 Å². The number of hydrogen-bond acceptors (Lipinski definition) is 4. The molecule has 1 heterocycles. The molecule has 0 saturated carbocycles. The first-order valence-corrected chi connectivity index (χ1v) is 7.59. The monoisotopic (exact) mass is 304 g/mol. The molecule has 2 N–H and O–H groups in total. The Bertz CT molecular complexity index is 590. The number of hydrogen-bond donors (Lipinski definition) is 1. The van der Waals surface area contributed by atoms with Crippen LogP contribution in [-0.4, -0.2) is 35.0 Å². The minimum absolute atomic E-state index is 0.107. The van der Waals surface area contributed by atoms with Crippen LogP contribution in [0.2, 0.25) is 0 Å². The van der Waals surface area contributed by atoms with Crippen molar-refractivity contribution in [1.29, 1.82) is 0 Å². The Morgan fingerprint density at radius 3 is 2.64 bits per heavy atom. The van der Waals surface area contributed by atoms with Gasteiger partial charge in [-0.1, -0.05) is 12.1 Å². The van der Waals surface area contributed by atoms with E-state index < -0.39 is 17.7 Å². The molecular weight excluding hydrogens is 280 g/mol. The van der Waals surface area contributed by atoms with Crippen molar-refractivity contribution in [3.63, 3.8) is 0 Å². The van der Waals surface area contributed by atoms with Crippen LogP contribution in [0, 0.1) is 6.92 Å². The lowest BCUT2D eigenvalue weighted by atomic mass is 9.98. The van der Waals surface area contributed by atoms with Crippen LogP contribution in [0.5, 0.6) is 0 Å². The number of benzene rings is 1. The summed E-state index contributed by atoms with van der Waals surface area (Å²) in [5.41, 5.74) is 7.29. The van der Waals surface area contributed by atoms with Gasteiger partial charge in [0.25, 0.3) is 0 Å². The number of rotatable bonds is 2. The van der Waals surface area contributed by atoms with Crippen molar-refractivity contribution < 1.29 is 14.3 Å². The Morgan fingerprint density at radius 1 is 1.32 bits per heavy atom. The third-order valence-electron chi connectivity index (χ3n) is 3.77. The normalized spacial score (nSPS) is 18.4. The predicted octanol–water partition coefficient (Wildman–Crippen LogP) is 3.16. The van der Waals surface area contributed by atoms with Crippen molar-refractivity contribution in [3.05, 3.63) is 29.3 Å². The lowest BCUT2D eigenvalue weighted by Gasteiger charge is -2.28. The summed E-state index contributed by atoms with van der Waals surface area (Å²) in [5, 5.41) is 0. The average Bonchev–Trinajstić information content (AvgIpc) is 2.88. The standard InChI is InChI=1S/C17H24N2O3/c1-11-7-5-8-12(14(11)18)15(20)13-9-6-10-19(13)16(21)22-17(2,3)4/h5,7-8,13H,6,9-10,18H2,1-4H3. The van der Waals surface area contributed by atoms with Crippen LogP contribution < -0.4 is 5.73 Å². The molecular formula is C17H24N2O3. The smallest absolute Gasteiger partial charge is 0.410 e. The molecule has 0 bridgehead atoms. The average molecular weight is 304 g/mol. The van der Waals surface area contributed by atoms with Crippen molar-refractivity contribution in [3.8, 4) is 0 Å². The Morgan fingerprint density at radius 2 is 2.00 bits per heavy atom. The second-order valence-corrected chi connectivity index (χ2v) is 6.73. The molecule has 5 nitrogen and oxygen atoms in total. The van der Waals surface area contributed by atoms with Crippen LogP contribution in [0.3, 0.4) is 0 Å². The lowest BCUT2D eigenvalue weighted by Crippen LogP contribution is -2.43. The molecule has 1 saturated heterocycles. The molecule has 5 heteroatoms. The number of carbonyl (C=O) groups is 2. The number of para-hydroxylation sites is 1. The molecule has 1 aliphatic rings. The van der Waals surface area contributed by atoms with Crippen molar-refractivity contribution in [2.45, 2.75) is 52.2 Å². The zero-order chi connectivity index (χ0) is 16.5. The fourth-order valence-corrected chi connectivity index (χ4v) is 2.65. The maximum absolute atomic E-state index is 12.8. The number of Topliss-reactive ketones (excluding diaryl/α,β-unsaturated/α-hetero) is 1. The summed E-state index contributed by atoms with van der Waals surface area (Å²) in [7, 11) is 0. The molecule has 1 atom stereocenters. The molecule has 120 valence electrons. The third-order valence-corrected chi connectivity index (χ3v) is 3.77. The van der Waals surface area contributed by atoms with Crippen LogP contribution in [-0.2, 0) is 4.74 Å². The summed E-state index contributed by atoms with van der Waals surface area (Å²) >= 11 is 0. The van der Waals surface area contributed by atoms with E-state index in [1.54, 1.807) is 6.07 Å². The van der Waals surface area contributed by atoms with Gasteiger partial charge in [-0.15, -0.1) is 0 Å². The van der Waals surface area contributed by atoms with E-state index in [0.717, 1.165) is 12.0 Å². The molecule has 0 spiro atoms. The van der Waals surface area contributed by atoms with E-state index in [-0.39, 0.29) is 5.78 Å². The molecule has 22 heavy (non-hydrogen) atoms. The SMILES string of the molecule is Cc1cccc(C(=O)C2CCCN2C(=O)OC(C)(C)C)c1N. The summed E-state index contributed by atoms with van der Waals surface area (Å²) in [6, 6.07) is 4.91. The molecule has 0 aliphatic carbocycles. The Hall–Kier alpha value is -2.04. The van der Waals surface area contributed by atoms with E-state index in [4.69, 9.17) is 10.5 Å². The number of aryl methyl sites for hydroxylation is 1. The van der Waals surface area contributed by atoms with Crippen molar-refractivity contribution >= 4 is 17.6 Å². The number of amides is 1. The van der Waals surface area contributed by atoms with E-state index in [0.29, 0.717) is 24.2 Å². The number of anilines is 1. The van der Waals surface area contributed by atoms with E-state index >= 15 is 0 Å². The highest BCUT2D eigenvalue weighted by Crippen LogP contribution is 2.26. The van der Waals surface area contributed by atoms with Crippen molar-refractivity contribution in [2.24, 2.45) is 0 Å². The number of ether oxygens (including phenoxy) is 1. The van der Waals surface area contributed by atoms with E-state index in [1.165, 1.54) is 4.90 Å². The molecule has 2 rings (SSSR count). The summed E-state index contributed by atoms with van der Waals surface area (Å²) in [5.74, 6) is -0.107. The summed E-state index contributed by atoms with van der Waals surface area (Å²) in [4.78, 5) is 26.6. The van der Waals surface area contributed by atoms with Crippen LogP contribution in [0.15, 0.2) is 18.2 Å². The van der Waals surface area contributed by atoms with E-state index in [2.05, 4.69) is 0 Å². The minimum Gasteiger partial charge on any atom is -0.444 e. The maximum atomic E-state index is 12.8. The zero-order valence-electron chi connectivity index (χ0n) is 13.7. The number of nitrogens with zero attached hydrogens (tertiary/aromatic N) is 1. The minimum atomic E-state index is -0.574. The molecule has 1 aliphatic heterocycles. The molecule has 1 unspecified atom stereocenters. The number of carbonyl (C=O) groups excluding carboxylic acids is 2. The molecule has 1 fully saturated rings. The van der Waals surface area contributed by atoms with E-state index in [9.17, 15) is 9.59 Å². The highest BCUT2D eigenvalue weighted by molar-refractivity contribution is 6.05. The van der Waals surface area contributed by atoms with Crippen LogP contribution in [0.4, 0.5) is 10.5 Å². The maximum Gasteiger partial charge on any atom is 0.410 e. The molecule has 0 aromatic heterocycles. The second kappa shape index (κ2) is 5.99. The fraction of sp³-hybridized carbons (Fsp3) is 0.529. The first-order chi connectivity index (χ1) is 10.2. The largest absolute Gasteiger partial charge is 0.444 e. The van der Waals surface area contributed by atoms with Crippen molar-refractivity contribution in [2.75, 3.05) is 12.3 Å². The topological polar surface area (TPSA) is 72.6 Å². The van der Waals surface area contributed by atoms with Gasteiger partial charge in [0.2, 0.25) is 0 Å². The van der Waals surface area contributed by atoms with E-state index in [1.807, 2.05) is 39.8 Å². The summed E-state index contributed by atoms with van der Waals surface area (Å²) in [6.45, 7) is 7.85. The number of nitrogens with two attached hydrogens (primary N) is 1. The second-order valence-electron chi connectivity index (χ2n) is 6.73. The molecule has 1 amide bonds. The van der Waals surface area contributed by atoms with Crippen LogP contribution in [0.25, 0.3) is 0 Å². The van der Waals surface area contributed by atoms with Gasteiger partial charge in [0.05, 0.1) is 6.04 Å². The summed E-state index contributed by atoms with van der Waals surface area (Å²) in [6.07, 6.45) is 1.00. The predicted molar refractivity (Wildman–Crippen MR) is 85.9 cm³/mol. The highest BCUT2D eigenvalue weighted by atomic mass is 16.6. The third kappa shape index (κ3) is 3.40.